The molecule has 2 heterocycles. The maximum absolute atomic E-state index is 14.3. The molecule has 1 aromatic heterocycles. The average Bonchev–Trinajstić information content (AvgIpc) is 3.50. The first kappa shape index (κ1) is 36.7. The summed E-state index contributed by atoms with van der Waals surface area (Å²) in [6.07, 6.45) is 10.9. The summed E-state index contributed by atoms with van der Waals surface area (Å²) in [7, 11) is -1.76. The van der Waals surface area contributed by atoms with Crippen LogP contribution in [0, 0.1) is 24.7 Å². The summed E-state index contributed by atoms with van der Waals surface area (Å²) in [5.74, 6) is 0.584. The molecule has 264 valence electrons. The molecule has 2 amide bonds. The van der Waals surface area contributed by atoms with Crippen LogP contribution in [-0.2, 0) is 21.1 Å². The van der Waals surface area contributed by atoms with Gasteiger partial charge in [0.05, 0.1) is 29.7 Å². The van der Waals surface area contributed by atoms with Gasteiger partial charge < -0.3 is 18.8 Å². The van der Waals surface area contributed by atoms with Gasteiger partial charge in [-0.05, 0) is 112 Å². The van der Waals surface area contributed by atoms with Crippen molar-refractivity contribution in [3.63, 3.8) is 0 Å². The van der Waals surface area contributed by atoms with Crippen molar-refractivity contribution in [1.29, 1.82) is 0 Å². The first-order valence-electron chi connectivity index (χ1n) is 17.2. The number of amides is 2. The van der Waals surface area contributed by atoms with Gasteiger partial charge in [-0.3, -0.25) is 14.3 Å². The fourth-order valence-corrected chi connectivity index (χ4v) is 8.71. The van der Waals surface area contributed by atoms with Gasteiger partial charge in [0.15, 0.2) is 0 Å². The molecule has 2 bridgehead atoms. The average molecular weight is 710 g/mol. The molecule has 1 fully saturated rings. The van der Waals surface area contributed by atoms with Crippen LogP contribution in [0.5, 0.6) is 5.75 Å². The second-order valence-electron chi connectivity index (χ2n) is 13.2. The Balaban J connectivity index is 1.44. The molecule has 1 N–H and O–H groups in total. The van der Waals surface area contributed by atoms with Gasteiger partial charge in [-0.25, -0.2) is 4.21 Å². The Kier molecular flexibility index (Phi) is 12.6. The molecule has 1 unspecified atom stereocenters. The molecule has 1 aliphatic heterocycles. The van der Waals surface area contributed by atoms with Gasteiger partial charge in [-0.15, -0.1) is 4.36 Å². The number of methoxy groups -OCH3 is 1. The van der Waals surface area contributed by atoms with Gasteiger partial charge in [0.25, 0.3) is 11.8 Å². The highest BCUT2D eigenvalue weighted by Crippen LogP contribution is 2.41. The third-order valence-electron chi connectivity index (χ3n) is 9.41. The summed E-state index contributed by atoms with van der Waals surface area (Å²) in [6, 6.07) is 14.7. The number of hydrogen-bond acceptors (Lipinski definition) is 7. The summed E-state index contributed by atoms with van der Waals surface area (Å²) in [6.45, 7) is 7.74. The van der Waals surface area contributed by atoms with Gasteiger partial charge in [-0.1, -0.05) is 42.8 Å². The van der Waals surface area contributed by atoms with Crippen LogP contribution in [-0.4, -0.2) is 54.7 Å². The van der Waals surface area contributed by atoms with Gasteiger partial charge in [0.2, 0.25) is 0 Å². The maximum Gasteiger partial charge on any atom is 0.286 e. The first-order chi connectivity index (χ1) is 23.6. The number of nitrogens with zero attached hydrogens (tertiary/aromatic N) is 2. The number of halogens is 1. The van der Waals surface area contributed by atoms with E-state index in [1.807, 2.05) is 25.1 Å². The lowest BCUT2D eigenvalue weighted by Crippen LogP contribution is -2.43. The molecule has 5 rings (SSSR count). The van der Waals surface area contributed by atoms with Crippen LogP contribution in [0.25, 0.3) is 0 Å². The Bertz CT molecular complexity index is 1760. The van der Waals surface area contributed by atoms with E-state index in [0.717, 1.165) is 49.4 Å². The fourth-order valence-electron chi connectivity index (χ4n) is 6.61. The van der Waals surface area contributed by atoms with E-state index in [2.05, 4.69) is 39.1 Å². The number of ether oxygens (including phenoxy) is 2. The molecule has 1 aliphatic carbocycles. The van der Waals surface area contributed by atoms with Crippen molar-refractivity contribution < 1.29 is 27.7 Å². The van der Waals surface area contributed by atoms with E-state index in [1.165, 1.54) is 11.8 Å². The number of allylic oxidation sites excluding steroid dienone is 1. The van der Waals surface area contributed by atoms with Crippen molar-refractivity contribution >= 4 is 39.0 Å². The lowest BCUT2D eigenvalue weighted by molar-refractivity contribution is 0.0135. The number of fused-ring (bicyclic) bond motifs is 3. The molecule has 0 saturated heterocycles. The van der Waals surface area contributed by atoms with E-state index >= 15 is 0 Å². The highest BCUT2D eigenvalue weighted by molar-refractivity contribution is 7.92. The van der Waals surface area contributed by atoms with Crippen LogP contribution < -0.4 is 14.4 Å². The quantitative estimate of drug-likeness (QED) is 0.168. The first-order valence-corrected chi connectivity index (χ1v) is 19.3. The molecular formula is C38H48ClN3O6S. The zero-order valence-electron chi connectivity index (χ0n) is 28.9. The number of aryl methyl sites for hydroxylation is 2. The fraction of sp³-hybridized carbons (Fsp3) is 0.474. The Labute approximate surface area is 295 Å². The van der Waals surface area contributed by atoms with Crippen molar-refractivity contribution in [3.05, 3.63) is 94.4 Å². The number of furan rings is 1. The number of hydrogen-bond donors (Lipinski definition) is 1. The molecule has 0 radical (unpaired) electrons. The minimum absolute atomic E-state index is 0.000318. The Morgan fingerprint density at radius 2 is 2.00 bits per heavy atom. The molecule has 0 spiro atoms. The largest absolute Gasteiger partial charge is 0.491 e. The topological polar surface area (TPSA) is 110 Å². The van der Waals surface area contributed by atoms with Crippen molar-refractivity contribution in [1.82, 2.24) is 4.72 Å². The van der Waals surface area contributed by atoms with Crippen LogP contribution in [0.15, 0.2) is 75.7 Å². The molecular weight excluding hydrogens is 662 g/mol. The smallest absolute Gasteiger partial charge is 0.286 e. The summed E-state index contributed by atoms with van der Waals surface area (Å²) < 4.78 is 38.7. The predicted octanol–water partition coefficient (Wildman–Crippen LogP) is 8.06. The van der Waals surface area contributed by atoms with Crippen LogP contribution >= 0.6 is 11.6 Å². The highest BCUT2D eigenvalue weighted by Gasteiger charge is 2.37. The summed E-state index contributed by atoms with van der Waals surface area (Å²) in [5, 5.41) is 0.735. The number of rotatable bonds is 10. The van der Waals surface area contributed by atoms with Gasteiger partial charge in [0, 0.05) is 30.8 Å². The van der Waals surface area contributed by atoms with E-state index in [4.69, 9.17) is 25.5 Å². The highest BCUT2D eigenvalue weighted by atomic mass is 35.5. The standard InChI is InChI=1S/C38H48ClN3O6S/c1-5-42-23-30-15-17-33(30)35(46-4)14-8-10-26(2)25-49(45,41-38(44)31-20-27(3)48-24-31)40-37(43)29-16-18-36(34(42)22-29)47-19-7-6-11-28-12-9-13-32(39)21-28/h8-9,12-14,16,18,20-22,24,26,30,33,35H,5-7,10-11,15,17,19,23,25H2,1-4H3,(H,40,41,43,44,45)/b14-8+/t26-,30-,33+,35-,49?/m0/s1. The van der Waals surface area contributed by atoms with Crippen LogP contribution in [0.4, 0.5) is 5.69 Å². The molecule has 11 heteroatoms. The SMILES string of the molecule is CCN1C[C@@H]2CC[C@H]2[C@@H](OC)/C=C/C[C@H](C)CS(=O)(NC(=O)c2coc(C)c2)=NC(=O)c2ccc(OCCCCc3cccc(Cl)c3)c1c2. The van der Waals surface area contributed by atoms with Gasteiger partial charge >= 0.3 is 0 Å². The predicted molar refractivity (Wildman–Crippen MR) is 195 cm³/mol. The van der Waals surface area contributed by atoms with E-state index in [1.54, 1.807) is 38.3 Å². The lowest BCUT2D eigenvalue weighted by Gasteiger charge is -2.43. The molecule has 2 aliphatic rings. The minimum atomic E-state index is -3.51. The molecule has 49 heavy (non-hydrogen) atoms. The Hall–Kier alpha value is -3.60. The van der Waals surface area contributed by atoms with Crippen molar-refractivity contribution in [3.8, 4) is 5.75 Å². The summed E-state index contributed by atoms with van der Waals surface area (Å²) in [4.78, 5) is 29.1. The van der Waals surface area contributed by atoms with Gasteiger partial charge in [0.1, 0.15) is 27.7 Å². The van der Waals surface area contributed by atoms with Crippen molar-refractivity contribution in [2.24, 2.45) is 22.1 Å². The van der Waals surface area contributed by atoms with Crippen LogP contribution in [0.1, 0.15) is 78.0 Å². The molecule has 1 saturated carbocycles. The number of anilines is 1. The van der Waals surface area contributed by atoms with Crippen molar-refractivity contribution in [2.75, 3.05) is 37.5 Å². The molecule has 9 nitrogen and oxygen atoms in total. The second-order valence-corrected chi connectivity index (χ2v) is 15.6. The third kappa shape index (κ3) is 9.77. The maximum atomic E-state index is 14.3. The lowest BCUT2D eigenvalue weighted by atomic mass is 9.70. The van der Waals surface area contributed by atoms with E-state index in [9.17, 15) is 13.8 Å². The monoisotopic (exact) mass is 709 g/mol. The molecule has 5 atom stereocenters. The minimum Gasteiger partial charge on any atom is -0.491 e. The van der Waals surface area contributed by atoms with Crippen molar-refractivity contribution in [2.45, 2.75) is 65.4 Å². The van der Waals surface area contributed by atoms with E-state index in [-0.39, 0.29) is 28.9 Å². The zero-order valence-corrected chi connectivity index (χ0v) is 30.4. The van der Waals surface area contributed by atoms with Gasteiger partial charge in [-0.2, -0.15) is 0 Å². The van der Waals surface area contributed by atoms with Crippen LogP contribution in [0.3, 0.4) is 0 Å². The Morgan fingerprint density at radius 3 is 2.69 bits per heavy atom. The number of unbranched alkanes of at least 4 members (excludes halogenated alkanes) is 1. The third-order valence-corrected chi connectivity index (χ3v) is 11.6. The normalized spacial score (nSPS) is 25.1. The Morgan fingerprint density at radius 1 is 1.16 bits per heavy atom. The summed E-state index contributed by atoms with van der Waals surface area (Å²) >= 11 is 6.15. The second kappa shape index (κ2) is 16.9. The van der Waals surface area contributed by atoms with E-state index < -0.39 is 21.7 Å². The number of benzene rings is 2. The number of carbonyl (C=O) groups is 2. The number of nitrogens with one attached hydrogen (secondary N) is 1. The number of carbonyl (C=O) groups excluding carboxylic acids is 2. The zero-order chi connectivity index (χ0) is 35.0. The molecule has 2 aromatic carbocycles. The molecule has 3 aromatic rings. The van der Waals surface area contributed by atoms with Crippen LogP contribution in [0.2, 0.25) is 5.02 Å². The van der Waals surface area contributed by atoms with E-state index in [0.29, 0.717) is 42.9 Å². The summed E-state index contributed by atoms with van der Waals surface area (Å²) in [5.41, 5.74) is 2.48.